The summed E-state index contributed by atoms with van der Waals surface area (Å²) in [5.74, 6) is -0.289. The summed E-state index contributed by atoms with van der Waals surface area (Å²) in [6, 6.07) is 5.20. The van der Waals surface area contributed by atoms with Crippen LogP contribution >= 0.6 is 0 Å². The molecule has 3 heteroatoms. The van der Waals surface area contributed by atoms with Crippen molar-refractivity contribution in [1.29, 1.82) is 0 Å². The van der Waals surface area contributed by atoms with Crippen LogP contribution in [0.5, 0.6) is 5.75 Å². The van der Waals surface area contributed by atoms with Crippen LogP contribution in [0.15, 0.2) is 24.8 Å². The number of hydrogen-bond donors (Lipinski definition) is 1. The normalized spacial score (nSPS) is 9.57. The summed E-state index contributed by atoms with van der Waals surface area (Å²) >= 11 is 0. The van der Waals surface area contributed by atoms with E-state index in [4.69, 9.17) is 9.84 Å². The van der Waals surface area contributed by atoms with E-state index in [1.54, 1.807) is 25.3 Å². The van der Waals surface area contributed by atoms with Gasteiger partial charge in [-0.25, -0.2) is 4.79 Å². The maximum absolute atomic E-state index is 10.7. The first kappa shape index (κ1) is 10.3. The smallest absolute Gasteiger partial charge is 0.335 e. The van der Waals surface area contributed by atoms with E-state index in [0.29, 0.717) is 11.3 Å². The number of aryl methyl sites for hydroxylation is 1. The van der Waals surface area contributed by atoms with Gasteiger partial charge in [0.15, 0.2) is 0 Å². The predicted octanol–water partition coefficient (Wildman–Crippen LogP) is 2.10. The molecule has 0 saturated heterocycles. The van der Waals surface area contributed by atoms with Gasteiger partial charge in [0.25, 0.3) is 0 Å². The zero-order valence-electron chi connectivity index (χ0n) is 8.20. The van der Waals surface area contributed by atoms with Gasteiger partial charge in [0.2, 0.25) is 0 Å². The van der Waals surface area contributed by atoms with Gasteiger partial charge in [-0.1, -0.05) is 12.6 Å². The van der Waals surface area contributed by atoms with Gasteiger partial charge in [-0.3, -0.25) is 0 Å². The van der Waals surface area contributed by atoms with Crippen LogP contribution in [-0.4, -0.2) is 18.2 Å². The summed E-state index contributed by atoms with van der Waals surface area (Å²) in [6.45, 7) is 5.33. The molecule has 74 valence electrons. The number of carbonyl (C=O) groups is 1. The Morgan fingerprint density at radius 2 is 2.14 bits per heavy atom. The zero-order valence-corrected chi connectivity index (χ0v) is 8.20. The second kappa shape index (κ2) is 3.96. The summed E-state index contributed by atoms with van der Waals surface area (Å²) in [6.07, 6.45) is 0. The molecule has 0 unspecified atom stereocenters. The molecular formula is C11H12O3. The van der Waals surface area contributed by atoms with Crippen molar-refractivity contribution in [3.8, 4) is 5.75 Å². The van der Waals surface area contributed by atoms with Gasteiger partial charge in [-0.15, -0.1) is 0 Å². The minimum atomic E-state index is -1.00. The molecule has 0 atom stereocenters. The van der Waals surface area contributed by atoms with Crippen molar-refractivity contribution in [2.75, 3.05) is 7.11 Å². The van der Waals surface area contributed by atoms with Gasteiger partial charge < -0.3 is 9.84 Å². The maximum Gasteiger partial charge on any atom is 0.335 e. The highest BCUT2D eigenvalue weighted by Gasteiger charge is 2.10. The first-order valence-electron chi connectivity index (χ1n) is 4.13. The molecule has 0 aromatic heterocycles. The summed E-state index contributed by atoms with van der Waals surface area (Å²) in [5, 5.41) is 8.76. The van der Waals surface area contributed by atoms with Crippen molar-refractivity contribution in [2.24, 2.45) is 0 Å². The van der Waals surface area contributed by atoms with Gasteiger partial charge in [0, 0.05) is 0 Å². The Balaban J connectivity index is 3.12. The Labute approximate surface area is 82.6 Å². The lowest BCUT2D eigenvalue weighted by Crippen LogP contribution is -2.00. The standard InChI is InChI=1S/C11H12O3/c1-7-6-9(14-3)4-5-10(7)8(2)11(12)13/h4-6H,2H2,1,3H3,(H,12,13). The van der Waals surface area contributed by atoms with E-state index in [1.165, 1.54) is 0 Å². The number of ether oxygens (including phenoxy) is 1. The minimum absolute atomic E-state index is 0.102. The number of aliphatic carboxylic acids is 1. The molecule has 1 aromatic rings. The molecule has 0 saturated carbocycles. The molecule has 0 radical (unpaired) electrons. The fourth-order valence-electron chi connectivity index (χ4n) is 1.22. The van der Waals surface area contributed by atoms with Gasteiger partial charge in [0.1, 0.15) is 5.75 Å². The second-order valence-corrected chi connectivity index (χ2v) is 2.96. The second-order valence-electron chi connectivity index (χ2n) is 2.96. The van der Waals surface area contributed by atoms with Crippen LogP contribution in [0.25, 0.3) is 5.57 Å². The average molecular weight is 192 g/mol. The zero-order chi connectivity index (χ0) is 10.7. The molecule has 0 amide bonds. The fraction of sp³-hybridized carbons (Fsp3) is 0.182. The largest absolute Gasteiger partial charge is 0.497 e. The summed E-state index contributed by atoms with van der Waals surface area (Å²) < 4.78 is 5.01. The number of carboxylic acids is 1. The molecule has 0 bridgehead atoms. The molecular weight excluding hydrogens is 180 g/mol. The third-order valence-corrected chi connectivity index (χ3v) is 2.02. The quantitative estimate of drug-likeness (QED) is 0.746. The van der Waals surface area contributed by atoms with Crippen LogP contribution in [0.1, 0.15) is 11.1 Å². The van der Waals surface area contributed by atoms with E-state index in [-0.39, 0.29) is 5.57 Å². The maximum atomic E-state index is 10.7. The summed E-state index contributed by atoms with van der Waals surface area (Å²) in [7, 11) is 1.57. The predicted molar refractivity (Wildman–Crippen MR) is 54.4 cm³/mol. The first-order valence-corrected chi connectivity index (χ1v) is 4.13. The molecule has 1 aromatic carbocycles. The third kappa shape index (κ3) is 1.93. The van der Waals surface area contributed by atoms with Gasteiger partial charge in [-0.2, -0.15) is 0 Å². The van der Waals surface area contributed by atoms with Crippen LogP contribution in [0.2, 0.25) is 0 Å². The summed E-state index contributed by atoms with van der Waals surface area (Å²) in [5.41, 5.74) is 1.58. The highest BCUT2D eigenvalue weighted by atomic mass is 16.5. The van der Waals surface area contributed by atoms with Crippen LogP contribution in [0, 0.1) is 6.92 Å². The van der Waals surface area contributed by atoms with Crippen LogP contribution < -0.4 is 4.74 Å². The van der Waals surface area contributed by atoms with E-state index < -0.39 is 5.97 Å². The lowest BCUT2D eigenvalue weighted by Gasteiger charge is -2.07. The average Bonchev–Trinajstić information content (AvgIpc) is 2.16. The van der Waals surface area contributed by atoms with Crippen molar-refractivity contribution in [3.63, 3.8) is 0 Å². The summed E-state index contributed by atoms with van der Waals surface area (Å²) in [4.78, 5) is 10.7. The van der Waals surface area contributed by atoms with Gasteiger partial charge in [0.05, 0.1) is 12.7 Å². The molecule has 1 N–H and O–H groups in total. The van der Waals surface area contributed by atoms with Crippen LogP contribution in [0.3, 0.4) is 0 Å². The van der Waals surface area contributed by atoms with Crippen molar-refractivity contribution in [2.45, 2.75) is 6.92 Å². The number of benzene rings is 1. The monoisotopic (exact) mass is 192 g/mol. The SMILES string of the molecule is C=C(C(=O)O)c1ccc(OC)cc1C. The number of hydrogen-bond acceptors (Lipinski definition) is 2. The molecule has 0 spiro atoms. The Morgan fingerprint density at radius 3 is 2.57 bits per heavy atom. The molecule has 14 heavy (non-hydrogen) atoms. The molecule has 0 fully saturated rings. The Hall–Kier alpha value is -1.77. The number of carboxylic acid groups (broad SMARTS) is 1. The Bertz CT molecular complexity index is 380. The van der Waals surface area contributed by atoms with E-state index in [2.05, 4.69) is 6.58 Å². The van der Waals surface area contributed by atoms with Gasteiger partial charge >= 0.3 is 5.97 Å². The van der Waals surface area contributed by atoms with Crippen molar-refractivity contribution in [3.05, 3.63) is 35.9 Å². The van der Waals surface area contributed by atoms with E-state index in [9.17, 15) is 4.79 Å². The first-order chi connectivity index (χ1) is 6.56. The minimum Gasteiger partial charge on any atom is -0.497 e. The molecule has 0 aliphatic rings. The fourth-order valence-corrected chi connectivity index (χ4v) is 1.22. The van der Waals surface area contributed by atoms with E-state index >= 15 is 0 Å². The lowest BCUT2D eigenvalue weighted by molar-refractivity contribution is -0.130. The van der Waals surface area contributed by atoms with E-state index in [0.717, 1.165) is 5.56 Å². The molecule has 0 aliphatic carbocycles. The van der Waals surface area contributed by atoms with Crippen molar-refractivity contribution >= 4 is 11.5 Å². The molecule has 0 heterocycles. The third-order valence-electron chi connectivity index (χ3n) is 2.02. The number of rotatable bonds is 3. The Morgan fingerprint density at radius 1 is 1.50 bits per heavy atom. The van der Waals surface area contributed by atoms with Crippen molar-refractivity contribution in [1.82, 2.24) is 0 Å². The van der Waals surface area contributed by atoms with E-state index in [1.807, 2.05) is 6.92 Å². The van der Waals surface area contributed by atoms with Crippen LogP contribution in [0.4, 0.5) is 0 Å². The molecule has 3 nitrogen and oxygen atoms in total. The lowest BCUT2D eigenvalue weighted by atomic mass is 10.0. The highest BCUT2D eigenvalue weighted by Crippen LogP contribution is 2.22. The topological polar surface area (TPSA) is 46.5 Å². The molecule has 1 rings (SSSR count). The molecule has 0 aliphatic heterocycles. The van der Waals surface area contributed by atoms with Crippen LogP contribution in [-0.2, 0) is 4.79 Å². The van der Waals surface area contributed by atoms with Crippen molar-refractivity contribution < 1.29 is 14.6 Å². The van der Waals surface area contributed by atoms with Gasteiger partial charge in [-0.05, 0) is 30.2 Å². The number of methoxy groups -OCH3 is 1. The highest BCUT2D eigenvalue weighted by molar-refractivity contribution is 6.14. The Kier molecular flexibility index (Phi) is 2.92.